The van der Waals surface area contributed by atoms with E-state index in [9.17, 15) is 13.6 Å². The molecule has 9 aromatic rings. The number of rotatable bonds is 9. The zero-order valence-corrected chi connectivity index (χ0v) is 42.6. The van der Waals surface area contributed by atoms with Gasteiger partial charge in [0.15, 0.2) is 11.6 Å². The van der Waals surface area contributed by atoms with Crippen LogP contribution in [0.4, 0.5) is 8.78 Å². The number of hydrogen-bond acceptors (Lipinski definition) is 5. The number of ketones is 1. The van der Waals surface area contributed by atoms with Crippen LogP contribution in [0.3, 0.4) is 0 Å². The summed E-state index contributed by atoms with van der Waals surface area (Å²) >= 11 is 6.89. The van der Waals surface area contributed by atoms with Gasteiger partial charge in [-0.1, -0.05) is 167 Å². The monoisotopic (exact) mass is 1070 g/mol. The van der Waals surface area contributed by atoms with Gasteiger partial charge in [0, 0.05) is 36.8 Å². The van der Waals surface area contributed by atoms with Gasteiger partial charge in [0.05, 0.1) is 11.4 Å². The van der Waals surface area contributed by atoms with E-state index < -0.39 is 0 Å². The third kappa shape index (κ3) is 16.8. The van der Waals surface area contributed by atoms with Crippen LogP contribution in [0.1, 0.15) is 28.9 Å². The molecule has 69 heavy (non-hydrogen) atoms. The minimum Gasteiger partial charge on any atom is -0.870 e. The van der Waals surface area contributed by atoms with E-state index in [4.69, 9.17) is 21.1 Å². The fourth-order valence-electron chi connectivity index (χ4n) is 6.53. The molecule has 0 aliphatic carbocycles. The fraction of sp³-hybridized carbons (Fsp3) is 0.0175. The Hall–Kier alpha value is -6.21. The third-order valence-corrected chi connectivity index (χ3v) is 11.0. The van der Waals surface area contributed by atoms with Gasteiger partial charge in [-0.3, -0.25) is 10.2 Å². The SMILES string of the molecule is C.Cl.Fc1ccc(-c2nc(-c3ccc(Br)cc3)cc(-c3cccc(-c4ccccc4)c3)n2)cc1.N=C(N)c1ccc(F)cc1.O=C(/C=C/c1ccc(Br)cc1)c1cccc(-c2ccccc2)c1.[Na+].[OH-]. The van der Waals surface area contributed by atoms with E-state index in [1.165, 1.54) is 36.4 Å². The van der Waals surface area contributed by atoms with Gasteiger partial charge in [0.1, 0.15) is 17.5 Å². The molecule has 8 aromatic carbocycles. The van der Waals surface area contributed by atoms with E-state index in [0.717, 1.165) is 64.8 Å². The molecule has 0 radical (unpaired) electrons. The van der Waals surface area contributed by atoms with Crippen LogP contribution >= 0.6 is 44.3 Å². The van der Waals surface area contributed by atoms with Gasteiger partial charge < -0.3 is 11.2 Å². The second-order valence-corrected chi connectivity index (χ2v) is 16.4. The molecule has 12 heteroatoms. The minimum absolute atomic E-state index is 0. The topological polar surface area (TPSA) is 123 Å². The Morgan fingerprint density at radius 1 is 0.493 bits per heavy atom. The average molecular weight is 1080 g/mol. The zero-order valence-electron chi connectivity index (χ0n) is 36.6. The number of allylic oxidation sites excluding steroid dienone is 1. The summed E-state index contributed by atoms with van der Waals surface area (Å²) in [7, 11) is 0. The van der Waals surface area contributed by atoms with Crippen molar-refractivity contribution in [3.05, 3.63) is 256 Å². The first-order chi connectivity index (χ1) is 31.6. The molecular formula is C57H46Br2ClF2N4NaO2. The summed E-state index contributed by atoms with van der Waals surface area (Å²) in [4.78, 5) is 22.0. The molecule has 0 saturated carbocycles. The van der Waals surface area contributed by atoms with Crippen LogP contribution < -0.4 is 35.3 Å². The molecule has 9 rings (SSSR count). The Kier molecular flexibility index (Phi) is 23.4. The number of benzene rings is 8. The van der Waals surface area contributed by atoms with Crippen LogP contribution in [-0.4, -0.2) is 27.1 Å². The molecule has 0 aliphatic rings. The van der Waals surface area contributed by atoms with Gasteiger partial charge in [-0.2, -0.15) is 0 Å². The maximum Gasteiger partial charge on any atom is 1.00 e. The van der Waals surface area contributed by atoms with Crippen LogP contribution in [-0.2, 0) is 0 Å². The van der Waals surface area contributed by atoms with Crippen molar-refractivity contribution in [2.45, 2.75) is 7.43 Å². The number of nitrogens with zero attached hydrogens (tertiary/aromatic N) is 2. The van der Waals surface area contributed by atoms with Gasteiger partial charge in [-0.05, 0) is 125 Å². The summed E-state index contributed by atoms with van der Waals surface area (Å²) in [6.45, 7) is 0. The molecule has 1 heterocycles. The van der Waals surface area contributed by atoms with Gasteiger partial charge in [0.2, 0.25) is 0 Å². The average Bonchev–Trinajstić information content (AvgIpc) is 3.35. The summed E-state index contributed by atoms with van der Waals surface area (Å²) in [6, 6.07) is 66.0. The number of nitrogens with two attached hydrogens (primary N) is 1. The van der Waals surface area contributed by atoms with Gasteiger partial charge >= 0.3 is 29.6 Å². The standard InChI is InChI=1S/C28H18BrFN2.C21H15BrO.C7H7FN2.CH4.ClH.Na.H2O/c29-24-13-9-20(10-14-24)26-18-27(32-28(31-26)21-11-15-25(30)16-12-21)23-8-4-7-22(17-23)19-5-2-1-3-6-19;22-20-12-9-16(10-13-20)11-14-21(23)19-8-4-7-18(15-19)17-5-2-1-3-6-17;8-6-3-1-5(2-4-6)7(9)10;;;;/h1-18H;1-15H;1-4H,(H3,9,10);1H4;1H;;1H2/q;;;;;+1;/p-1/b;14-11+;;;;;. The molecular weight excluding hydrogens is 1030 g/mol. The Balaban J connectivity index is 0.000000299. The molecule has 0 unspecified atom stereocenters. The van der Waals surface area contributed by atoms with Crippen molar-refractivity contribution < 1.29 is 48.6 Å². The van der Waals surface area contributed by atoms with Crippen molar-refractivity contribution in [3.8, 4) is 56.2 Å². The molecule has 0 amide bonds. The summed E-state index contributed by atoms with van der Waals surface area (Å²) < 4.78 is 27.8. The number of amidine groups is 1. The first-order valence-electron chi connectivity index (χ1n) is 20.4. The predicted molar refractivity (Wildman–Crippen MR) is 284 cm³/mol. The van der Waals surface area contributed by atoms with Crippen molar-refractivity contribution >= 4 is 62.0 Å². The molecule has 4 N–H and O–H groups in total. The number of carbonyl (C=O) groups is 1. The summed E-state index contributed by atoms with van der Waals surface area (Å²) in [5.41, 5.74) is 16.2. The van der Waals surface area contributed by atoms with Crippen LogP contribution in [0, 0.1) is 17.0 Å². The smallest absolute Gasteiger partial charge is 0.870 e. The zero-order chi connectivity index (χ0) is 45.5. The van der Waals surface area contributed by atoms with Crippen molar-refractivity contribution in [2.24, 2.45) is 5.73 Å². The van der Waals surface area contributed by atoms with Crippen molar-refractivity contribution in [1.29, 1.82) is 5.41 Å². The Bertz CT molecular complexity index is 2990. The number of carbonyl (C=O) groups excluding carboxylic acids is 1. The second-order valence-electron chi connectivity index (χ2n) is 14.5. The first kappa shape index (κ1) is 57.1. The second kappa shape index (κ2) is 28.3. The van der Waals surface area contributed by atoms with Crippen molar-refractivity contribution in [3.63, 3.8) is 0 Å². The predicted octanol–water partition coefficient (Wildman–Crippen LogP) is 13.1. The summed E-state index contributed by atoms with van der Waals surface area (Å²) in [5.74, 6) is -0.0742. The maximum absolute atomic E-state index is 13.5. The minimum atomic E-state index is -0.315. The van der Waals surface area contributed by atoms with Crippen molar-refractivity contribution in [1.82, 2.24) is 9.97 Å². The largest absolute Gasteiger partial charge is 1.00 e. The molecule has 0 fully saturated rings. The molecule has 342 valence electrons. The van der Waals surface area contributed by atoms with Crippen LogP contribution in [0.25, 0.3) is 62.2 Å². The molecule has 0 saturated heterocycles. The number of halogens is 5. The van der Waals surface area contributed by atoms with E-state index in [1.807, 2.05) is 140 Å². The van der Waals surface area contributed by atoms with Gasteiger partial charge in [-0.25, -0.2) is 18.7 Å². The Labute approximate surface area is 447 Å². The number of aromatic nitrogens is 2. The Morgan fingerprint density at radius 3 is 1.46 bits per heavy atom. The van der Waals surface area contributed by atoms with Gasteiger partial charge in [-0.15, -0.1) is 12.4 Å². The van der Waals surface area contributed by atoms with E-state index in [-0.39, 0.29) is 78.1 Å². The number of nitrogens with one attached hydrogen (secondary N) is 1. The molecule has 0 aliphatic heterocycles. The molecule has 1 aromatic heterocycles. The Morgan fingerprint density at radius 2 is 0.928 bits per heavy atom. The number of hydrogen-bond donors (Lipinski definition) is 2. The first-order valence-corrected chi connectivity index (χ1v) is 22.0. The van der Waals surface area contributed by atoms with Gasteiger partial charge in [0.25, 0.3) is 0 Å². The maximum atomic E-state index is 13.5. The summed E-state index contributed by atoms with van der Waals surface area (Å²) in [6.07, 6.45) is 3.46. The van der Waals surface area contributed by atoms with E-state index >= 15 is 0 Å². The molecule has 0 spiro atoms. The van der Waals surface area contributed by atoms with Crippen molar-refractivity contribution in [2.75, 3.05) is 0 Å². The third-order valence-electron chi connectivity index (χ3n) is 9.94. The number of nitrogen functional groups attached to an aromatic ring is 1. The fourth-order valence-corrected chi connectivity index (χ4v) is 7.06. The van der Waals surface area contributed by atoms with Crippen LogP contribution in [0.15, 0.2) is 227 Å². The van der Waals surface area contributed by atoms with E-state index in [1.54, 1.807) is 18.2 Å². The molecule has 0 atom stereocenters. The van der Waals surface area contributed by atoms with E-state index in [2.05, 4.69) is 62.2 Å². The quantitative estimate of drug-likeness (QED) is 0.0490. The summed E-state index contributed by atoms with van der Waals surface area (Å²) in [5, 5.41) is 6.96. The van der Waals surface area contributed by atoms with Crippen LogP contribution in [0.2, 0.25) is 0 Å². The van der Waals surface area contributed by atoms with Crippen LogP contribution in [0.5, 0.6) is 0 Å². The molecule has 0 bridgehead atoms. The normalized spacial score (nSPS) is 9.97. The van der Waals surface area contributed by atoms with E-state index in [0.29, 0.717) is 17.0 Å². The molecule has 6 nitrogen and oxygen atoms in total.